The first-order valence-electron chi connectivity index (χ1n) is 11.1. The molecule has 1 aliphatic heterocycles. The van der Waals surface area contributed by atoms with E-state index >= 15 is 0 Å². The maximum absolute atomic E-state index is 12.8. The van der Waals surface area contributed by atoms with Crippen LogP contribution in [0.3, 0.4) is 0 Å². The van der Waals surface area contributed by atoms with Gasteiger partial charge in [0.1, 0.15) is 22.8 Å². The number of carbonyl (C=O) groups excluding carboxylic acids is 2. The minimum atomic E-state index is -0.237. The van der Waals surface area contributed by atoms with Gasteiger partial charge in [0.15, 0.2) is 6.61 Å². The number of nitrogens with zero attached hydrogens (tertiary/aromatic N) is 1. The topological polar surface area (TPSA) is 77.1 Å². The highest BCUT2D eigenvalue weighted by atomic mass is 16.5. The van der Waals surface area contributed by atoms with Crippen LogP contribution in [0.15, 0.2) is 42.5 Å². The molecule has 0 atom stereocenters. The lowest BCUT2D eigenvalue weighted by Gasteiger charge is -2.32. The van der Waals surface area contributed by atoms with Crippen LogP contribution in [0.2, 0.25) is 0 Å². The van der Waals surface area contributed by atoms with Gasteiger partial charge in [-0.3, -0.25) is 9.59 Å². The summed E-state index contributed by atoms with van der Waals surface area (Å²) in [5.41, 5.74) is 1.65. The Morgan fingerprint density at radius 3 is 2.19 bits per heavy atom. The molecule has 0 aliphatic carbocycles. The van der Waals surface area contributed by atoms with E-state index in [0.29, 0.717) is 48.7 Å². The van der Waals surface area contributed by atoms with Gasteiger partial charge in [0, 0.05) is 19.1 Å². The fourth-order valence-electron chi connectivity index (χ4n) is 3.88. The predicted molar refractivity (Wildman–Crippen MR) is 123 cm³/mol. The summed E-state index contributed by atoms with van der Waals surface area (Å²) < 4.78 is 16.3. The van der Waals surface area contributed by atoms with Crippen LogP contribution in [0.25, 0.3) is 0 Å². The summed E-state index contributed by atoms with van der Waals surface area (Å²) in [5, 5.41) is 3.05. The van der Waals surface area contributed by atoms with Gasteiger partial charge in [-0.05, 0) is 49.1 Å². The molecule has 2 aromatic rings. The second-order valence-electron chi connectivity index (χ2n) is 7.85. The fourth-order valence-corrected chi connectivity index (χ4v) is 3.88. The lowest BCUT2D eigenvalue weighted by Crippen LogP contribution is -2.47. The Morgan fingerprint density at radius 2 is 1.62 bits per heavy atom. The Morgan fingerprint density at radius 1 is 1.00 bits per heavy atom. The van der Waals surface area contributed by atoms with Crippen molar-refractivity contribution in [2.75, 3.05) is 33.9 Å². The zero-order valence-electron chi connectivity index (χ0n) is 19.1. The molecule has 0 bridgehead atoms. The zero-order chi connectivity index (χ0) is 22.9. The highest BCUT2D eigenvalue weighted by Gasteiger charge is 2.26. The van der Waals surface area contributed by atoms with Crippen LogP contribution in [0, 0.1) is 0 Å². The van der Waals surface area contributed by atoms with E-state index in [-0.39, 0.29) is 24.5 Å². The second kappa shape index (κ2) is 11.4. The van der Waals surface area contributed by atoms with Crippen molar-refractivity contribution in [3.8, 4) is 17.2 Å². The van der Waals surface area contributed by atoms with Crippen molar-refractivity contribution in [1.29, 1.82) is 0 Å². The number of carbonyl (C=O) groups is 2. The molecule has 7 heteroatoms. The second-order valence-corrected chi connectivity index (χ2v) is 7.85. The number of piperidine rings is 1. The van der Waals surface area contributed by atoms with Gasteiger partial charge < -0.3 is 24.4 Å². The molecule has 0 radical (unpaired) electrons. The monoisotopic (exact) mass is 440 g/mol. The summed E-state index contributed by atoms with van der Waals surface area (Å²) in [5.74, 6) is 1.35. The van der Waals surface area contributed by atoms with Crippen LogP contribution in [-0.4, -0.2) is 56.7 Å². The van der Waals surface area contributed by atoms with E-state index in [4.69, 9.17) is 14.2 Å². The van der Waals surface area contributed by atoms with Gasteiger partial charge in [-0.2, -0.15) is 0 Å². The molecule has 2 aromatic carbocycles. The third-order valence-corrected chi connectivity index (χ3v) is 5.66. The molecule has 0 aromatic heterocycles. The molecule has 1 fully saturated rings. The summed E-state index contributed by atoms with van der Waals surface area (Å²) >= 11 is 0. The van der Waals surface area contributed by atoms with E-state index in [9.17, 15) is 9.59 Å². The Balaban J connectivity index is 1.47. The number of amides is 2. The molecule has 0 unspecified atom stereocenters. The van der Waals surface area contributed by atoms with Gasteiger partial charge in [0.05, 0.1) is 14.2 Å². The lowest BCUT2D eigenvalue weighted by atomic mass is 10.0. The standard InChI is InChI=1S/C25H32N2O5/c1-4-6-18-9-11-20(12-10-18)32-17-23(28)27-15-13-19(14-16-27)26-25(29)24-21(30-2)7-5-8-22(24)31-3/h5,7-12,19H,4,6,13-17H2,1-3H3,(H,26,29). The third-order valence-electron chi connectivity index (χ3n) is 5.66. The molecule has 1 saturated heterocycles. The van der Waals surface area contributed by atoms with E-state index in [1.54, 1.807) is 23.1 Å². The van der Waals surface area contributed by atoms with Crippen LogP contribution in [-0.2, 0) is 11.2 Å². The number of benzene rings is 2. The van der Waals surface area contributed by atoms with Gasteiger partial charge in [-0.15, -0.1) is 0 Å². The maximum Gasteiger partial charge on any atom is 0.260 e. The number of nitrogens with one attached hydrogen (secondary N) is 1. The van der Waals surface area contributed by atoms with Crippen LogP contribution in [0.1, 0.15) is 42.1 Å². The number of hydrogen-bond acceptors (Lipinski definition) is 5. The van der Waals surface area contributed by atoms with Crippen LogP contribution < -0.4 is 19.5 Å². The first-order chi connectivity index (χ1) is 15.5. The Kier molecular flexibility index (Phi) is 8.36. The predicted octanol–water partition coefficient (Wildman–Crippen LogP) is 3.46. The lowest BCUT2D eigenvalue weighted by molar-refractivity contribution is -0.134. The van der Waals surface area contributed by atoms with E-state index in [0.717, 1.165) is 12.8 Å². The van der Waals surface area contributed by atoms with Crippen molar-refractivity contribution in [2.45, 2.75) is 38.6 Å². The molecule has 1 N–H and O–H groups in total. The van der Waals surface area contributed by atoms with E-state index in [1.807, 2.05) is 24.3 Å². The largest absolute Gasteiger partial charge is 0.496 e. The highest BCUT2D eigenvalue weighted by molar-refractivity contribution is 5.99. The maximum atomic E-state index is 12.8. The van der Waals surface area contributed by atoms with Gasteiger partial charge in [0.2, 0.25) is 0 Å². The molecule has 3 rings (SSSR count). The molecular weight excluding hydrogens is 408 g/mol. The zero-order valence-corrected chi connectivity index (χ0v) is 19.1. The van der Waals surface area contributed by atoms with Crippen molar-refractivity contribution in [2.24, 2.45) is 0 Å². The average Bonchev–Trinajstić information content (AvgIpc) is 2.83. The number of hydrogen-bond donors (Lipinski definition) is 1. The number of likely N-dealkylation sites (tertiary alicyclic amines) is 1. The molecule has 1 heterocycles. The number of aryl methyl sites for hydroxylation is 1. The summed E-state index contributed by atoms with van der Waals surface area (Å²) in [6.45, 7) is 3.31. The Hall–Kier alpha value is -3.22. The molecule has 1 aliphatic rings. The van der Waals surface area contributed by atoms with Crippen LogP contribution >= 0.6 is 0 Å². The Labute approximate surface area is 189 Å². The van der Waals surface area contributed by atoms with E-state index in [2.05, 4.69) is 12.2 Å². The first-order valence-corrected chi connectivity index (χ1v) is 11.1. The van der Waals surface area contributed by atoms with Gasteiger partial charge >= 0.3 is 0 Å². The molecule has 0 saturated carbocycles. The molecule has 0 spiro atoms. The Bertz CT molecular complexity index is 883. The average molecular weight is 441 g/mol. The van der Waals surface area contributed by atoms with Crippen LogP contribution in [0.4, 0.5) is 0 Å². The van der Waals surface area contributed by atoms with Gasteiger partial charge in [-0.25, -0.2) is 0 Å². The highest BCUT2D eigenvalue weighted by Crippen LogP contribution is 2.28. The summed E-state index contributed by atoms with van der Waals surface area (Å²) in [6.07, 6.45) is 3.50. The molecule has 32 heavy (non-hydrogen) atoms. The minimum Gasteiger partial charge on any atom is -0.496 e. The quantitative estimate of drug-likeness (QED) is 0.646. The molecule has 172 valence electrons. The summed E-state index contributed by atoms with van der Waals surface area (Å²) in [7, 11) is 3.05. The molecule has 7 nitrogen and oxygen atoms in total. The minimum absolute atomic E-state index is 0.0164. The van der Waals surface area contributed by atoms with Gasteiger partial charge in [0.25, 0.3) is 11.8 Å². The van der Waals surface area contributed by atoms with Crippen molar-refractivity contribution in [3.63, 3.8) is 0 Å². The summed E-state index contributed by atoms with van der Waals surface area (Å²) in [4.78, 5) is 27.2. The number of methoxy groups -OCH3 is 2. The summed E-state index contributed by atoms with van der Waals surface area (Å²) in [6, 6.07) is 13.1. The van der Waals surface area contributed by atoms with E-state index in [1.165, 1.54) is 19.8 Å². The SMILES string of the molecule is CCCc1ccc(OCC(=O)N2CCC(NC(=O)c3c(OC)cccc3OC)CC2)cc1. The smallest absolute Gasteiger partial charge is 0.260 e. The van der Waals surface area contributed by atoms with Crippen molar-refractivity contribution in [1.82, 2.24) is 10.2 Å². The van der Waals surface area contributed by atoms with Crippen molar-refractivity contribution < 1.29 is 23.8 Å². The number of rotatable bonds is 9. The fraction of sp³-hybridized carbons (Fsp3) is 0.440. The number of ether oxygens (including phenoxy) is 3. The third kappa shape index (κ3) is 5.93. The molecule has 2 amide bonds. The first kappa shape index (κ1) is 23.4. The van der Waals surface area contributed by atoms with Crippen molar-refractivity contribution in [3.05, 3.63) is 53.6 Å². The van der Waals surface area contributed by atoms with Crippen LogP contribution in [0.5, 0.6) is 17.2 Å². The molecular formula is C25H32N2O5. The van der Waals surface area contributed by atoms with Gasteiger partial charge in [-0.1, -0.05) is 31.5 Å². The normalized spacial score (nSPS) is 14.0. The van der Waals surface area contributed by atoms with Crippen molar-refractivity contribution >= 4 is 11.8 Å². The van der Waals surface area contributed by atoms with E-state index < -0.39 is 0 Å².